The predicted molar refractivity (Wildman–Crippen MR) is 115 cm³/mol. The molecule has 0 aliphatic carbocycles. The molecular formula is C23H29F3N4O2. The maximum absolute atomic E-state index is 13.0. The van der Waals surface area contributed by atoms with Crippen molar-refractivity contribution in [2.45, 2.75) is 64.7 Å². The first-order valence-corrected chi connectivity index (χ1v) is 11.0. The van der Waals surface area contributed by atoms with E-state index in [1.165, 1.54) is 6.20 Å². The van der Waals surface area contributed by atoms with Crippen molar-refractivity contribution in [3.8, 4) is 0 Å². The third-order valence-corrected chi connectivity index (χ3v) is 5.67. The second-order valence-corrected chi connectivity index (χ2v) is 8.09. The van der Waals surface area contributed by atoms with E-state index in [4.69, 9.17) is 0 Å². The largest absolute Gasteiger partial charge is 0.435 e. The highest BCUT2D eigenvalue weighted by molar-refractivity contribution is 5.92. The Labute approximate surface area is 186 Å². The van der Waals surface area contributed by atoms with Crippen LogP contribution in [0.25, 0.3) is 0 Å². The Balaban J connectivity index is 1.75. The molecule has 0 saturated heterocycles. The first-order valence-electron chi connectivity index (χ1n) is 11.0. The van der Waals surface area contributed by atoms with Gasteiger partial charge in [-0.1, -0.05) is 37.5 Å². The molecule has 1 aliphatic heterocycles. The smallest absolute Gasteiger partial charge is 0.338 e. The van der Waals surface area contributed by atoms with Crippen LogP contribution < -0.4 is 4.90 Å². The van der Waals surface area contributed by atoms with Gasteiger partial charge in [-0.2, -0.15) is 18.3 Å². The van der Waals surface area contributed by atoms with E-state index in [1.54, 1.807) is 16.7 Å². The first-order chi connectivity index (χ1) is 15.3. The molecular weight excluding hydrogens is 421 g/mol. The highest BCUT2D eigenvalue weighted by Crippen LogP contribution is 2.27. The number of aryl methyl sites for hydroxylation is 1. The minimum atomic E-state index is -4.50. The summed E-state index contributed by atoms with van der Waals surface area (Å²) in [5, 5.41) is 3.52. The van der Waals surface area contributed by atoms with Crippen molar-refractivity contribution in [3.63, 3.8) is 0 Å². The highest BCUT2D eigenvalue weighted by Gasteiger charge is 2.33. The third-order valence-electron chi connectivity index (χ3n) is 5.67. The molecule has 174 valence electrons. The molecule has 1 aromatic heterocycles. The number of alkyl halides is 3. The summed E-state index contributed by atoms with van der Waals surface area (Å²) in [6, 6.07) is 8.48. The first kappa shape index (κ1) is 23.8. The summed E-state index contributed by atoms with van der Waals surface area (Å²) in [6.07, 6.45) is 1.62. The monoisotopic (exact) mass is 450 g/mol. The molecule has 2 heterocycles. The molecule has 0 radical (unpaired) electrons. The van der Waals surface area contributed by atoms with E-state index in [0.29, 0.717) is 19.6 Å². The molecule has 0 N–H and O–H groups in total. The normalized spacial score (nSPS) is 16.1. The zero-order valence-corrected chi connectivity index (χ0v) is 18.3. The van der Waals surface area contributed by atoms with E-state index in [-0.39, 0.29) is 24.8 Å². The summed E-state index contributed by atoms with van der Waals surface area (Å²) < 4.78 is 39.4. The van der Waals surface area contributed by atoms with Gasteiger partial charge in [-0.05, 0) is 30.5 Å². The molecule has 2 amide bonds. The molecule has 0 spiro atoms. The van der Waals surface area contributed by atoms with Gasteiger partial charge in [0.1, 0.15) is 0 Å². The van der Waals surface area contributed by atoms with Gasteiger partial charge in [0.2, 0.25) is 11.8 Å². The average molecular weight is 451 g/mol. The Morgan fingerprint density at radius 1 is 1.00 bits per heavy atom. The Kier molecular flexibility index (Phi) is 7.93. The lowest BCUT2D eigenvalue weighted by molar-refractivity contribution is -0.141. The number of carbonyl (C=O) groups is 2. The van der Waals surface area contributed by atoms with Crippen LogP contribution in [0.1, 0.15) is 56.7 Å². The summed E-state index contributed by atoms with van der Waals surface area (Å²) in [5.41, 5.74) is 0.727. The molecule has 0 atom stereocenters. The van der Waals surface area contributed by atoms with Gasteiger partial charge < -0.3 is 9.80 Å². The van der Waals surface area contributed by atoms with E-state index in [2.05, 4.69) is 5.10 Å². The van der Waals surface area contributed by atoms with Crippen LogP contribution in [0.2, 0.25) is 0 Å². The number of carbonyl (C=O) groups excluding carboxylic acids is 2. The molecule has 9 heteroatoms. The number of halogens is 3. The average Bonchev–Trinajstić information content (AvgIpc) is 3.22. The van der Waals surface area contributed by atoms with E-state index >= 15 is 0 Å². The number of benzene rings is 1. The number of hydrogen-bond acceptors (Lipinski definition) is 3. The fraction of sp³-hybridized carbons (Fsp3) is 0.522. The topological polar surface area (TPSA) is 58.4 Å². The molecule has 0 saturated carbocycles. The third kappa shape index (κ3) is 6.34. The van der Waals surface area contributed by atoms with Crippen molar-refractivity contribution in [3.05, 3.63) is 47.8 Å². The molecule has 1 aromatic carbocycles. The zero-order chi connectivity index (χ0) is 23.1. The lowest BCUT2D eigenvalue weighted by Crippen LogP contribution is -2.35. The van der Waals surface area contributed by atoms with Crippen LogP contribution in [0.5, 0.6) is 0 Å². The number of para-hydroxylation sites is 1. The minimum absolute atomic E-state index is 0.0356. The van der Waals surface area contributed by atoms with Gasteiger partial charge in [-0.25, -0.2) is 0 Å². The lowest BCUT2D eigenvalue weighted by Gasteiger charge is -2.29. The summed E-state index contributed by atoms with van der Waals surface area (Å²) in [6.45, 7) is 3.18. The van der Waals surface area contributed by atoms with Gasteiger partial charge in [-0.15, -0.1) is 0 Å². The van der Waals surface area contributed by atoms with Crippen molar-refractivity contribution >= 4 is 17.5 Å². The summed E-state index contributed by atoms with van der Waals surface area (Å²) in [7, 11) is 0. The Hall–Kier alpha value is -2.84. The quantitative estimate of drug-likeness (QED) is 0.685. The van der Waals surface area contributed by atoms with Gasteiger partial charge in [0.05, 0.1) is 0 Å². The zero-order valence-electron chi connectivity index (χ0n) is 18.3. The highest BCUT2D eigenvalue weighted by atomic mass is 19.4. The molecule has 0 fully saturated rings. The maximum Gasteiger partial charge on any atom is 0.435 e. The van der Waals surface area contributed by atoms with Crippen LogP contribution in [0.15, 0.2) is 36.5 Å². The Morgan fingerprint density at radius 3 is 2.38 bits per heavy atom. The minimum Gasteiger partial charge on any atom is -0.338 e. The summed E-state index contributed by atoms with van der Waals surface area (Å²) in [4.78, 5) is 28.8. The van der Waals surface area contributed by atoms with Gasteiger partial charge in [0.15, 0.2) is 5.69 Å². The number of rotatable bonds is 3. The van der Waals surface area contributed by atoms with Crippen molar-refractivity contribution in [2.24, 2.45) is 0 Å². The van der Waals surface area contributed by atoms with Gasteiger partial charge in [0.25, 0.3) is 0 Å². The molecule has 1 aliphatic rings. The molecule has 3 rings (SSSR count). The standard InChI is InChI=1S/C23H29F3N4O2/c1-18(31)30-14-8-4-2-3-7-13-28(17-19-9-5-6-10-20(19)30)22(32)12-16-29-15-11-21(27-29)23(24,25)26/h5-6,9-11,15H,2-4,7-8,12-14,16-17H2,1H3. The van der Waals surface area contributed by atoms with E-state index in [1.807, 2.05) is 24.3 Å². The maximum atomic E-state index is 13.0. The molecule has 6 nitrogen and oxygen atoms in total. The van der Waals surface area contributed by atoms with Crippen LogP contribution in [0.4, 0.5) is 18.9 Å². The molecule has 2 aromatic rings. The number of fused-ring (bicyclic) bond motifs is 1. The SMILES string of the molecule is CC(=O)N1CCCCCCCN(C(=O)CCn2ccc(C(F)(F)F)n2)Cc2ccccc21. The summed E-state index contributed by atoms with van der Waals surface area (Å²) in [5.74, 6) is -0.179. The predicted octanol–water partition coefficient (Wildman–Crippen LogP) is 4.64. The van der Waals surface area contributed by atoms with Crippen molar-refractivity contribution in [2.75, 3.05) is 18.0 Å². The van der Waals surface area contributed by atoms with Crippen LogP contribution >= 0.6 is 0 Å². The van der Waals surface area contributed by atoms with Crippen LogP contribution in [-0.2, 0) is 28.9 Å². The fourth-order valence-electron chi connectivity index (χ4n) is 3.96. The Morgan fingerprint density at radius 2 is 1.69 bits per heavy atom. The van der Waals surface area contributed by atoms with Crippen LogP contribution in [-0.4, -0.2) is 39.6 Å². The van der Waals surface area contributed by atoms with Crippen LogP contribution in [0, 0.1) is 0 Å². The number of aromatic nitrogens is 2. The van der Waals surface area contributed by atoms with Crippen molar-refractivity contribution < 1.29 is 22.8 Å². The van der Waals surface area contributed by atoms with Crippen LogP contribution in [0.3, 0.4) is 0 Å². The fourth-order valence-corrected chi connectivity index (χ4v) is 3.96. The number of anilines is 1. The van der Waals surface area contributed by atoms with Gasteiger partial charge in [-0.3, -0.25) is 14.3 Å². The summed E-state index contributed by atoms with van der Waals surface area (Å²) >= 11 is 0. The van der Waals surface area contributed by atoms with Gasteiger partial charge in [0, 0.05) is 51.4 Å². The Bertz CT molecular complexity index is 926. The molecule has 0 bridgehead atoms. The molecule has 32 heavy (non-hydrogen) atoms. The second-order valence-electron chi connectivity index (χ2n) is 8.09. The van der Waals surface area contributed by atoms with Crippen molar-refractivity contribution in [1.82, 2.24) is 14.7 Å². The number of amides is 2. The molecule has 0 unspecified atom stereocenters. The second kappa shape index (κ2) is 10.7. The van der Waals surface area contributed by atoms with E-state index in [9.17, 15) is 22.8 Å². The van der Waals surface area contributed by atoms with Crippen molar-refractivity contribution in [1.29, 1.82) is 0 Å². The number of hydrogen-bond donors (Lipinski definition) is 0. The lowest BCUT2D eigenvalue weighted by atomic mass is 10.1. The van der Waals surface area contributed by atoms with E-state index < -0.39 is 11.9 Å². The van der Waals surface area contributed by atoms with Gasteiger partial charge >= 0.3 is 6.18 Å². The number of nitrogens with zero attached hydrogens (tertiary/aromatic N) is 4. The van der Waals surface area contributed by atoms with E-state index in [0.717, 1.165) is 54.1 Å².